The van der Waals surface area contributed by atoms with E-state index < -0.39 is 5.82 Å². The minimum absolute atomic E-state index is 0.115. The molecule has 1 atom stereocenters. The normalized spacial score (nSPS) is 17.0. The molecule has 1 unspecified atom stereocenters. The third-order valence-corrected chi connectivity index (χ3v) is 7.37. The quantitative estimate of drug-likeness (QED) is 0.431. The minimum atomic E-state index is -0.391. The summed E-state index contributed by atoms with van der Waals surface area (Å²) in [5.74, 6) is 1.13. The zero-order chi connectivity index (χ0) is 24.3. The molecule has 0 spiro atoms. The van der Waals surface area contributed by atoms with Crippen molar-refractivity contribution in [3.05, 3.63) is 82.6 Å². The number of nitrogens with zero attached hydrogens (tertiary/aromatic N) is 6. The van der Waals surface area contributed by atoms with Crippen molar-refractivity contribution in [3.8, 4) is 10.8 Å². The highest BCUT2D eigenvalue weighted by Crippen LogP contribution is 2.40. The fraction of sp³-hybridized carbons (Fsp3) is 0.240. The van der Waals surface area contributed by atoms with Crippen LogP contribution in [0.3, 0.4) is 0 Å². The SMILES string of the molecule is Cc1nsc(-c2nc(N3Cc4ccccc4C3=O)c3n2CCN(C(=O)c2ccc(F)cc2)C3C)n1. The van der Waals surface area contributed by atoms with Gasteiger partial charge in [-0.15, -0.1) is 0 Å². The first kappa shape index (κ1) is 21.6. The number of hydrogen-bond donors (Lipinski definition) is 0. The van der Waals surface area contributed by atoms with E-state index in [0.29, 0.717) is 53.2 Å². The van der Waals surface area contributed by atoms with Gasteiger partial charge in [0, 0.05) is 24.2 Å². The molecule has 4 heterocycles. The van der Waals surface area contributed by atoms with Crippen molar-refractivity contribution < 1.29 is 14.0 Å². The molecule has 0 aliphatic carbocycles. The zero-order valence-electron chi connectivity index (χ0n) is 19.1. The Morgan fingerprint density at radius 1 is 1.09 bits per heavy atom. The smallest absolute Gasteiger partial charge is 0.260 e. The standard InChI is InChI=1S/C25H21FN6O2S/c1-14-20-21(32-13-17-5-3-4-6-19(17)25(32)34)28-22(23-27-15(2)29-35-23)31(20)12-11-30(14)24(33)16-7-9-18(26)10-8-16/h3-10,14H,11-13H2,1-2H3. The van der Waals surface area contributed by atoms with Gasteiger partial charge in [0.05, 0.1) is 18.3 Å². The van der Waals surface area contributed by atoms with Crippen molar-refractivity contribution in [2.45, 2.75) is 33.0 Å². The van der Waals surface area contributed by atoms with Crippen LogP contribution in [0.5, 0.6) is 0 Å². The van der Waals surface area contributed by atoms with Gasteiger partial charge >= 0.3 is 0 Å². The Balaban J connectivity index is 1.45. The third-order valence-electron chi connectivity index (χ3n) is 6.56. The molecule has 0 saturated carbocycles. The van der Waals surface area contributed by atoms with Crippen molar-refractivity contribution in [2.24, 2.45) is 0 Å². The number of aryl methyl sites for hydroxylation is 1. The van der Waals surface area contributed by atoms with E-state index in [2.05, 4.69) is 9.36 Å². The van der Waals surface area contributed by atoms with Crippen LogP contribution >= 0.6 is 11.5 Å². The van der Waals surface area contributed by atoms with E-state index in [4.69, 9.17) is 4.98 Å². The van der Waals surface area contributed by atoms with E-state index in [0.717, 1.165) is 11.3 Å². The number of benzene rings is 2. The molecule has 2 aromatic carbocycles. The molecule has 2 aliphatic heterocycles. The van der Waals surface area contributed by atoms with E-state index in [9.17, 15) is 14.0 Å². The molecule has 0 saturated heterocycles. The first-order chi connectivity index (χ1) is 16.9. The Labute approximate surface area is 204 Å². The molecule has 0 fully saturated rings. The number of anilines is 1. The molecule has 8 nitrogen and oxygen atoms in total. The molecule has 2 aromatic heterocycles. The van der Waals surface area contributed by atoms with Crippen molar-refractivity contribution in [1.29, 1.82) is 0 Å². The number of imidazole rings is 1. The van der Waals surface area contributed by atoms with Crippen molar-refractivity contribution in [1.82, 2.24) is 23.8 Å². The van der Waals surface area contributed by atoms with E-state index in [-0.39, 0.29) is 17.9 Å². The Kier molecular flexibility index (Phi) is 4.99. The van der Waals surface area contributed by atoms with Gasteiger partial charge in [-0.05, 0) is 61.3 Å². The van der Waals surface area contributed by atoms with Crippen LogP contribution in [0.1, 0.15) is 50.8 Å². The number of carbonyl (C=O) groups excluding carboxylic acids is 2. The van der Waals surface area contributed by atoms with Gasteiger partial charge in [-0.2, -0.15) is 4.37 Å². The van der Waals surface area contributed by atoms with Gasteiger partial charge in [0.1, 0.15) is 11.6 Å². The summed E-state index contributed by atoms with van der Waals surface area (Å²) in [7, 11) is 0. The van der Waals surface area contributed by atoms with Crippen LogP contribution in [-0.4, -0.2) is 42.2 Å². The molecule has 0 bridgehead atoms. The highest BCUT2D eigenvalue weighted by Gasteiger charge is 2.39. The molecule has 35 heavy (non-hydrogen) atoms. The first-order valence-electron chi connectivity index (χ1n) is 11.3. The lowest BCUT2D eigenvalue weighted by Gasteiger charge is -2.36. The summed E-state index contributed by atoms with van der Waals surface area (Å²) in [5.41, 5.74) is 2.79. The molecule has 4 aromatic rings. The second-order valence-corrected chi connectivity index (χ2v) is 9.42. The van der Waals surface area contributed by atoms with Gasteiger partial charge in [-0.3, -0.25) is 14.5 Å². The van der Waals surface area contributed by atoms with E-state index in [1.807, 2.05) is 42.7 Å². The Hall–Kier alpha value is -3.92. The maximum atomic E-state index is 13.4. The van der Waals surface area contributed by atoms with Gasteiger partial charge < -0.3 is 9.47 Å². The largest absolute Gasteiger partial charge is 0.328 e. The lowest BCUT2D eigenvalue weighted by molar-refractivity contribution is 0.0645. The summed E-state index contributed by atoms with van der Waals surface area (Å²) in [6, 6.07) is 12.7. The monoisotopic (exact) mass is 488 g/mol. The molecular weight excluding hydrogens is 467 g/mol. The molecule has 0 N–H and O–H groups in total. The Morgan fingerprint density at radius 2 is 1.86 bits per heavy atom. The average Bonchev–Trinajstić information content (AvgIpc) is 3.55. The molecule has 176 valence electrons. The first-order valence-corrected chi connectivity index (χ1v) is 12.1. The second-order valence-electron chi connectivity index (χ2n) is 8.67. The van der Waals surface area contributed by atoms with Gasteiger partial charge in [0.25, 0.3) is 11.8 Å². The van der Waals surface area contributed by atoms with Gasteiger partial charge in [0.2, 0.25) is 0 Å². The fourth-order valence-electron chi connectivity index (χ4n) is 4.85. The number of halogens is 1. The predicted octanol–water partition coefficient (Wildman–Crippen LogP) is 4.23. The van der Waals surface area contributed by atoms with E-state index >= 15 is 0 Å². The molecule has 10 heteroatoms. The van der Waals surface area contributed by atoms with Gasteiger partial charge in [0.15, 0.2) is 16.6 Å². The summed E-state index contributed by atoms with van der Waals surface area (Å²) in [6.07, 6.45) is 0. The van der Waals surface area contributed by atoms with E-state index in [1.54, 1.807) is 9.80 Å². The minimum Gasteiger partial charge on any atom is -0.328 e. The predicted molar refractivity (Wildman–Crippen MR) is 129 cm³/mol. The average molecular weight is 489 g/mol. The Morgan fingerprint density at radius 3 is 2.57 bits per heavy atom. The van der Waals surface area contributed by atoms with Crippen LogP contribution in [0, 0.1) is 12.7 Å². The Bertz CT molecular complexity index is 1480. The zero-order valence-corrected chi connectivity index (χ0v) is 19.9. The highest BCUT2D eigenvalue weighted by molar-refractivity contribution is 7.09. The fourth-order valence-corrected chi connectivity index (χ4v) is 5.52. The second kappa shape index (κ2) is 8.09. The van der Waals surface area contributed by atoms with Crippen molar-refractivity contribution >= 4 is 29.2 Å². The number of carbonyl (C=O) groups is 2. The summed E-state index contributed by atoms with van der Waals surface area (Å²) < 4.78 is 19.8. The number of aromatic nitrogens is 4. The third kappa shape index (κ3) is 3.44. The van der Waals surface area contributed by atoms with Crippen LogP contribution in [0.15, 0.2) is 48.5 Å². The topological polar surface area (TPSA) is 84.2 Å². The van der Waals surface area contributed by atoms with Crippen LogP contribution in [0.2, 0.25) is 0 Å². The molecule has 6 rings (SSSR count). The van der Waals surface area contributed by atoms with Crippen LogP contribution < -0.4 is 4.90 Å². The van der Waals surface area contributed by atoms with Crippen molar-refractivity contribution in [2.75, 3.05) is 11.4 Å². The lowest BCUT2D eigenvalue weighted by Crippen LogP contribution is -2.41. The number of hydrogen-bond acceptors (Lipinski definition) is 6. The van der Waals surface area contributed by atoms with Crippen molar-refractivity contribution in [3.63, 3.8) is 0 Å². The summed E-state index contributed by atoms with van der Waals surface area (Å²) >= 11 is 1.26. The summed E-state index contributed by atoms with van der Waals surface area (Å²) in [6.45, 7) is 5.10. The maximum Gasteiger partial charge on any atom is 0.260 e. The summed E-state index contributed by atoms with van der Waals surface area (Å²) in [4.78, 5) is 39.6. The van der Waals surface area contributed by atoms with Crippen LogP contribution in [0.4, 0.5) is 10.2 Å². The molecule has 2 aliphatic rings. The van der Waals surface area contributed by atoms with Crippen LogP contribution in [0.25, 0.3) is 10.8 Å². The number of rotatable bonds is 3. The highest BCUT2D eigenvalue weighted by atomic mass is 32.1. The van der Waals surface area contributed by atoms with Crippen LogP contribution in [-0.2, 0) is 13.1 Å². The molecular formula is C25H21FN6O2S. The van der Waals surface area contributed by atoms with E-state index in [1.165, 1.54) is 35.8 Å². The molecule has 2 amide bonds. The van der Waals surface area contributed by atoms with Gasteiger partial charge in [-0.25, -0.2) is 14.4 Å². The number of fused-ring (bicyclic) bond motifs is 2. The summed E-state index contributed by atoms with van der Waals surface area (Å²) in [5, 5.41) is 0.671. The lowest BCUT2D eigenvalue weighted by atomic mass is 10.1. The van der Waals surface area contributed by atoms with Gasteiger partial charge in [-0.1, -0.05) is 18.2 Å². The number of amides is 2. The molecule has 0 radical (unpaired) electrons. The maximum absolute atomic E-state index is 13.4.